The maximum atomic E-state index is 11.9. The van der Waals surface area contributed by atoms with Crippen LogP contribution in [0, 0.1) is 5.92 Å². The molecule has 98 valence electrons. The van der Waals surface area contributed by atoms with Crippen LogP contribution >= 0.6 is 11.8 Å². The standard InChI is InChI=1S/C15H21NOS/c1-12-7-5-6-10-14(12)16-15(17)11-18-13-8-3-2-4-9-13/h2-4,8-9,12,14H,5-7,10-11H2,1H3,(H,16,17)/t12-,14-/m1/s1. The van der Waals surface area contributed by atoms with Crippen LogP contribution in [0.2, 0.25) is 0 Å². The van der Waals surface area contributed by atoms with E-state index in [4.69, 9.17) is 0 Å². The van der Waals surface area contributed by atoms with Gasteiger partial charge in [0, 0.05) is 10.9 Å². The third-order valence-electron chi connectivity index (χ3n) is 3.57. The molecule has 0 unspecified atom stereocenters. The molecule has 2 nitrogen and oxygen atoms in total. The van der Waals surface area contributed by atoms with Crippen molar-refractivity contribution in [3.05, 3.63) is 30.3 Å². The normalized spacial score (nSPS) is 23.6. The van der Waals surface area contributed by atoms with Gasteiger partial charge < -0.3 is 5.32 Å². The van der Waals surface area contributed by atoms with Gasteiger partial charge in [0.25, 0.3) is 0 Å². The highest BCUT2D eigenvalue weighted by molar-refractivity contribution is 8.00. The van der Waals surface area contributed by atoms with Crippen LogP contribution < -0.4 is 5.32 Å². The van der Waals surface area contributed by atoms with Crippen LogP contribution in [-0.2, 0) is 4.79 Å². The number of rotatable bonds is 4. The van der Waals surface area contributed by atoms with Gasteiger partial charge in [-0.3, -0.25) is 4.79 Å². The number of carbonyl (C=O) groups is 1. The van der Waals surface area contributed by atoms with Crippen molar-refractivity contribution in [2.75, 3.05) is 5.75 Å². The predicted molar refractivity (Wildman–Crippen MR) is 76.7 cm³/mol. The summed E-state index contributed by atoms with van der Waals surface area (Å²) in [5, 5.41) is 3.18. The highest BCUT2D eigenvalue weighted by Gasteiger charge is 2.22. The monoisotopic (exact) mass is 263 g/mol. The molecular weight excluding hydrogens is 242 g/mol. The highest BCUT2D eigenvalue weighted by Crippen LogP contribution is 2.24. The summed E-state index contributed by atoms with van der Waals surface area (Å²) in [4.78, 5) is 13.1. The van der Waals surface area contributed by atoms with Crippen molar-refractivity contribution < 1.29 is 4.79 Å². The van der Waals surface area contributed by atoms with Crippen molar-refractivity contribution in [3.8, 4) is 0 Å². The lowest BCUT2D eigenvalue weighted by Crippen LogP contribution is -2.41. The summed E-state index contributed by atoms with van der Waals surface area (Å²) >= 11 is 1.61. The van der Waals surface area contributed by atoms with E-state index in [1.807, 2.05) is 30.3 Å². The smallest absolute Gasteiger partial charge is 0.230 e. The van der Waals surface area contributed by atoms with Crippen molar-refractivity contribution in [1.29, 1.82) is 0 Å². The van der Waals surface area contributed by atoms with Crippen LogP contribution in [0.4, 0.5) is 0 Å². The van der Waals surface area contributed by atoms with E-state index >= 15 is 0 Å². The first-order chi connectivity index (χ1) is 8.75. The summed E-state index contributed by atoms with van der Waals surface area (Å²) in [6.45, 7) is 2.24. The van der Waals surface area contributed by atoms with Crippen LogP contribution in [0.3, 0.4) is 0 Å². The number of hydrogen-bond donors (Lipinski definition) is 1. The Balaban J connectivity index is 1.75. The molecule has 0 aromatic heterocycles. The fourth-order valence-electron chi connectivity index (χ4n) is 2.44. The van der Waals surface area contributed by atoms with Gasteiger partial charge in [0.2, 0.25) is 5.91 Å². The Kier molecular flexibility index (Phi) is 5.12. The largest absolute Gasteiger partial charge is 0.352 e. The Morgan fingerprint density at radius 2 is 2.00 bits per heavy atom. The highest BCUT2D eigenvalue weighted by atomic mass is 32.2. The molecule has 1 aromatic carbocycles. The van der Waals surface area contributed by atoms with E-state index in [0.29, 0.717) is 17.7 Å². The zero-order valence-electron chi connectivity index (χ0n) is 10.9. The Labute approximate surface area is 114 Å². The second-order valence-corrected chi connectivity index (χ2v) is 6.09. The van der Waals surface area contributed by atoms with Gasteiger partial charge in [-0.05, 0) is 30.9 Å². The van der Waals surface area contributed by atoms with Gasteiger partial charge in [-0.2, -0.15) is 0 Å². The minimum Gasteiger partial charge on any atom is -0.352 e. The molecule has 3 heteroatoms. The lowest BCUT2D eigenvalue weighted by atomic mass is 9.86. The van der Waals surface area contributed by atoms with Gasteiger partial charge in [-0.15, -0.1) is 11.8 Å². The molecular formula is C15H21NOS. The number of amides is 1. The zero-order valence-corrected chi connectivity index (χ0v) is 11.7. The van der Waals surface area contributed by atoms with Gasteiger partial charge in [-0.1, -0.05) is 38.0 Å². The van der Waals surface area contributed by atoms with Crippen molar-refractivity contribution >= 4 is 17.7 Å². The quantitative estimate of drug-likeness (QED) is 0.843. The Morgan fingerprint density at radius 1 is 1.28 bits per heavy atom. The predicted octanol–water partition coefficient (Wildman–Crippen LogP) is 3.47. The molecule has 1 aliphatic carbocycles. The maximum Gasteiger partial charge on any atom is 0.230 e. The lowest BCUT2D eigenvalue weighted by molar-refractivity contribution is -0.119. The average Bonchev–Trinajstić information content (AvgIpc) is 2.40. The maximum absolute atomic E-state index is 11.9. The molecule has 0 bridgehead atoms. The fourth-order valence-corrected chi connectivity index (χ4v) is 3.18. The van der Waals surface area contributed by atoms with E-state index in [1.165, 1.54) is 19.3 Å². The van der Waals surface area contributed by atoms with Crippen molar-refractivity contribution in [2.24, 2.45) is 5.92 Å². The van der Waals surface area contributed by atoms with Gasteiger partial charge in [-0.25, -0.2) is 0 Å². The molecule has 1 fully saturated rings. The topological polar surface area (TPSA) is 29.1 Å². The molecule has 1 N–H and O–H groups in total. The van der Waals surface area contributed by atoms with E-state index in [-0.39, 0.29) is 5.91 Å². The molecule has 1 aliphatic rings. The molecule has 1 amide bonds. The zero-order chi connectivity index (χ0) is 12.8. The summed E-state index contributed by atoms with van der Waals surface area (Å²) in [5.41, 5.74) is 0. The number of thioether (sulfide) groups is 1. The summed E-state index contributed by atoms with van der Waals surface area (Å²) < 4.78 is 0. The summed E-state index contributed by atoms with van der Waals surface area (Å²) in [5.74, 6) is 1.32. The SMILES string of the molecule is C[C@@H]1CCCC[C@H]1NC(=O)CSc1ccccc1. The van der Waals surface area contributed by atoms with Gasteiger partial charge in [0.1, 0.15) is 0 Å². The molecule has 1 aromatic rings. The Morgan fingerprint density at radius 3 is 2.72 bits per heavy atom. The van der Waals surface area contributed by atoms with Crippen LogP contribution in [0.15, 0.2) is 35.2 Å². The van der Waals surface area contributed by atoms with E-state index in [1.54, 1.807) is 11.8 Å². The second kappa shape index (κ2) is 6.83. The molecule has 18 heavy (non-hydrogen) atoms. The van der Waals surface area contributed by atoms with Crippen LogP contribution in [0.1, 0.15) is 32.6 Å². The first-order valence-electron chi connectivity index (χ1n) is 6.73. The first kappa shape index (κ1) is 13.5. The van der Waals surface area contributed by atoms with Crippen LogP contribution in [-0.4, -0.2) is 17.7 Å². The molecule has 2 rings (SSSR count). The summed E-state index contributed by atoms with van der Waals surface area (Å²) in [7, 11) is 0. The molecule has 0 heterocycles. The molecule has 0 spiro atoms. The van der Waals surface area contributed by atoms with E-state index < -0.39 is 0 Å². The van der Waals surface area contributed by atoms with E-state index in [9.17, 15) is 4.79 Å². The number of hydrogen-bond acceptors (Lipinski definition) is 2. The number of nitrogens with one attached hydrogen (secondary N) is 1. The Hall–Kier alpha value is -0.960. The van der Waals surface area contributed by atoms with Crippen LogP contribution in [0.5, 0.6) is 0 Å². The molecule has 0 aliphatic heterocycles. The number of benzene rings is 1. The minimum absolute atomic E-state index is 0.169. The molecule has 0 radical (unpaired) electrons. The average molecular weight is 263 g/mol. The van der Waals surface area contributed by atoms with Gasteiger partial charge in [0.05, 0.1) is 5.75 Å². The summed E-state index contributed by atoms with van der Waals surface area (Å²) in [6.07, 6.45) is 4.95. The molecule has 1 saturated carbocycles. The number of carbonyl (C=O) groups excluding carboxylic acids is 1. The minimum atomic E-state index is 0.169. The molecule has 2 atom stereocenters. The lowest BCUT2D eigenvalue weighted by Gasteiger charge is -2.29. The van der Waals surface area contributed by atoms with Gasteiger partial charge in [0.15, 0.2) is 0 Å². The third kappa shape index (κ3) is 4.05. The second-order valence-electron chi connectivity index (χ2n) is 5.04. The Bertz CT molecular complexity index is 379. The van der Waals surface area contributed by atoms with E-state index in [2.05, 4.69) is 12.2 Å². The first-order valence-corrected chi connectivity index (χ1v) is 7.71. The summed E-state index contributed by atoms with van der Waals surface area (Å²) in [6, 6.07) is 10.5. The van der Waals surface area contributed by atoms with Crippen molar-refractivity contribution in [2.45, 2.75) is 43.5 Å². The fraction of sp³-hybridized carbons (Fsp3) is 0.533. The van der Waals surface area contributed by atoms with Crippen molar-refractivity contribution in [1.82, 2.24) is 5.32 Å². The van der Waals surface area contributed by atoms with Crippen molar-refractivity contribution in [3.63, 3.8) is 0 Å². The van der Waals surface area contributed by atoms with Gasteiger partial charge >= 0.3 is 0 Å². The molecule has 0 saturated heterocycles. The third-order valence-corrected chi connectivity index (χ3v) is 4.58. The van der Waals surface area contributed by atoms with Crippen LogP contribution in [0.25, 0.3) is 0 Å². The van der Waals surface area contributed by atoms with E-state index in [0.717, 1.165) is 11.3 Å².